The van der Waals surface area contributed by atoms with Gasteiger partial charge in [0.05, 0.1) is 25.4 Å². The van der Waals surface area contributed by atoms with Gasteiger partial charge in [-0.15, -0.1) is 0 Å². The molecule has 0 saturated carbocycles. The van der Waals surface area contributed by atoms with Crippen LogP contribution in [-0.4, -0.2) is 47.4 Å². The van der Waals surface area contributed by atoms with E-state index in [9.17, 15) is 19.8 Å². The second-order valence-electron chi connectivity index (χ2n) is 24.6. The first-order valence-electron chi connectivity index (χ1n) is 35.7. The van der Waals surface area contributed by atoms with Crippen LogP contribution in [0.5, 0.6) is 0 Å². The van der Waals surface area contributed by atoms with E-state index >= 15 is 0 Å². The Labute approximate surface area is 494 Å². The minimum Gasteiger partial charge on any atom is -0.466 e. The first-order valence-corrected chi connectivity index (χ1v) is 35.7. The summed E-state index contributed by atoms with van der Waals surface area (Å²) in [6.45, 7) is 4.95. The molecule has 0 heterocycles. The minimum atomic E-state index is -0.663. The molecule has 0 aromatic heterocycles. The summed E-state index contributed by atoms with van der Waals surface area (Å²) in [6.07, 6.45) is 87.7. The molecule has 0 aromatic carbocycles. The number of amides is 1. The van der Waals surface area contributed by atoms with Gasteiger partial charge in [-0.05, 0) is 83.5 Å². The van der Waals surface area contributed by atoms with Gasteiger partial charge in [0.1, 0.15) is 0 Å². The van der Waals surface area contributed by atoms with Crippen LogP contribution < -0.4 is 5.32 Å². The monoisotopic (exact) mass is 1110 g/mol. The van der Waals surface area contributed by atoms with Gasteiger partial charge in [0.2, 0.25) is 5.91 Å². The average Bonchev–Trinajstić information content (AvgIpc) is 3.45. The third-order valence-corrected chi connectivity index (χ3v) is 16.7. The highest BCUT2D eigenvalue weighted by Crippen LogP contribution is 2.19. The van der Waals surface area contributed by atoms with Crippen LogP contribution in [0.1, 0.15) is 393 Å². The lowest BCUT2D eigenvalue weighted by Gasteiger charge is -2.22. The summed E-state index contributed by atoms with van der Waals surface area (Å²) in [6, 6.07) is -0.540. The van der Waals surface area contributed by atoms with Gasteiger partial charge in [-0.1, -0.05) is 333 Å². The molecule has 0 aliphatic heterocycles. The zero-order valence-electron chi connectivity index (χ0n) is 53.4. The van der Waals surface area contributed by atoms with Crippen LogP contribution in [-0.2, 0) is 14.3 Å². The van der Waals surface area contributed by atoms with E-state index in [1.165, 1.54) is 308 Å². The molecule has 2 unspecified atom stereocenters. The van der Waals surface area contributed by atoms with Crippen LogP contribution >= 0.6 is 0 Å². The molecule has 0 aromatic rings. The minimum absolute atomic E-state index is 0.00434. The molecule has 0 rings (SSSR count). The summed E-state index contributed by atoms with van der Waals surface area (Å²) in [4.78, 5) is 24.5. The molecule has 0 spiro atoms. The largest absolute Gasteiger partial charge is 0.466 e. The Balaban J connectivity index is 3.38. The number of hydrogen-bond acceptors (Lipinski definition) is 5. The highest BCUT2D eigenvalue weighted by atomic mass is 16.5. The maximum absolute atomic E-state index is 12.5. The number of rotatable bonds is 67. The number of aliphatic hydroxyl groups is 2. The van der Waals surface area contributed by atoms with Crippen LogP contribution in [0.3, 0.4) is 0 Å². The molecular formula is C73H139NO5. The van der Waals surface area contributed by atoms with Gasteiger partial charge in [0.15, 0.2) is 0 Å². The Bertz CT molecular complexity index is 1280. The molecule has 6 heteroatoms. The number of carbonyl (C=O) groups is 2. The molecule has 0 aliphatic carbocycles. The first kappa shape index (κ1) is 77.1. The van der Waals surface area contributed by atoms with Crippen molar-refractivity contribution in [1.82, 2.24) is 5.32 Å². The third kappa shape index (κ3) is 65.1. The zero-order valence-corrected chi connectivity index (χ0v) is 53.4. The van der Waals surface area contributed by atoms with E-state index in [0.717, 1.165) is 51.4 Å². The molecular weight excluding hydrogens is 971 g/mol. The molecule has 1 amide bonds. The fourth-order valence-electron chi connectivity index (χ4n) is 11.2. The molecule has 6 nitrogen and oxygen atoms in total. The van der Waals surface area contributed by atoms with Gasteiger partial charge in [-0.2, -0.15) is 0 Å². The van der Waals surface area contributed by atoms with Crippen molar-refractivity contribution in [3.05, 3.63) is 36.5 Å². The van der Waals surface area contributed by atoms with Crippen molar-refractivity contribution < 1.29 is 24.5 Å². The van der Waals surface area contributed by atoms with Crippen molar-refractivity contribution >= 4 is 11.9 Å². The Morgan fingerprint density at radius 3 is 1.00 bits per heavy atom. The van der Waals surface area contributed by atoms with Gasteiger partial charge in [-0.25, -0.2) is 0 Å². The zero-order chi connectivity index (χ0) is 57.1. The molecule has 79 heavy (non-hydrogen) atoms. The lowest BCUT2D eigenvalue weighted by molar-refractivity contribution is -0.143. The summed E-state index contributed by atoms with van der Waals surface area (Å²) in [7, 11) is 0. The van der Waals surface area contributed by atoms with Gasteiger partial charge < -0.3 is 20.3 Å². The van der Waals surface area contributed by atoms with Crippen LogP contribution in [0.25, 0.3) is 0 Å². The highest BCUT2D eigenvalue weighted by molar-refractivity contribution is 5.76. The number of esters is 1. The third-order valence-electron chi connectivity index (χ3n) is 16.7. The topological polar surface area (TPSA) is 95.9 Å². The number of carbonyl (C=O) groups excluding carboxylic acids is 2. The molecule has 0 fully saturated rings. The molecule has 3 N–H and O–H groups in total. The first-order chi connectivity index (χ1) is 39.0. The molecule has 0 saturated heterocycles. The van der Waals surface area contributed by atoms with Gasteiger partial charge in [0.25, 0.3) is 0 Å². The summed E-state index contributed by atoms with van der Waals surface area (Å²) in [5.41, 5.74) is 0. The number of nitrogens with one attached hydrogen (secondary N) is 1. The van der Waals surface area contributed by atoms with E-state index in [0.29, 0.717) is 25.9 Å². The predicted molar refractivity (Wildman–Crippen MR) is 347 cm³/mol. The number of allylic oxidation sites excluding steroid dienone is 6. The van der Waals surface area contributed by atoms with Crippen LogP contribution in [0.15, 0.2) is 36.5 Å². The molecule has 0 bridgehead atoms. The predicted octanol–water partition coefficient (Wildman–Crippen LogP) is 23.1. The number of unbranched alkanes of at least 4 members (excludes halogenated alkanes) is 50. The SMILES string of the molecule is CCCCC/C=C\CCCCCCCC(=O)OCCCCCCCCCCC/C=C\C/C=C\CCCCCCCCCCCCCCCCCCCC(=O)NC(CO)C(O)CCCCCCCCCCCCCCCCCCC. The van der Waals surface area contributed by atoms with E-state index < -0.39 is 12.1 Å². The Morgan fingerprint density at radius 2 is 0.633 bits per heavy atom. The van der Waals surface area contributed by atoms with E-state index in [2.05, 4.69) is 55.6 Å². The lowest BCUT2D eigenvalue weighted by atomic mass is 10.0. The number of aliphatic hydroxyl groups excluding tert-OH is 2. The number of hydrogen-bond donors (Lipinski definition) is 3. The summed E-state index contributed by atoms with van der Waals surface area (Å²) in [5, 5.41) is 23.4. The average molecular weight is 1110 g/mol. The van der Waals surface area contributed by atoms with Crippen molar-refractivity contribution in [1.29, 1.82) is 0 Å². The second kappa shape index (κ2) is 68.6. The molecule has 0 aliphatic rings. The van der Waals surface area contributed by atoms with E-state index in [1.54, 1.807) is 0 Å². The van der Waals surface area contributed by atoms with Crippen molar-refractivity contribution in [3.8, 4) is 0 Å². The van der Waals surface area contributed by atoms with Crippen LogP contribution in [0.2, 0.25) is 0 Å². The quantitative estimate of drug-likeness (QED) is 0.0320. The van der Waals surface area contributed by atoms with E-state index in [4.69, 9.17) is 4.74 Å². The van der Waals surface area contributed by atoms with Gasteiger partial charge in [0, 0.05) is 12.8 Å². The van der Waals surface area contributed by atoms with Crippen molar-refractivity contribution in [3.63, 3.8) is 0 Å². The summed E-state index contributed by atoms with van der Waals surface area (Å²) < 4.78 is 5.47. The van der Waals surface area contributed by atoms with Crippen LogP contribution in [0.4, 0.5) is 0 Å². The second-order valence-corrected chi connectivity index (χ2v) is 24.6. The van der Waals surface area contributed by atoms with Crippen LogP contribution in [0, 0.1) is 0 Å². The summed E-state index contributed by atoms with van der Waals surface area (Å²) >= 11 is 0. The standard InChI is InChI=1S/C73H139NO5/c1-3-5-7-9-11-13-15-17-18-36-39-42-45-49-53-57-61-65-71(76)70(69-75)74-72(77)66-62-58-54-50-46-43-40-37-34-32-30-28-26-24-22-20-19-21-23-25-27-29-31-33-35-38-41-44-48-52-56-60-64-68-79-73(78)67-63-59-55-51-47-16-14-12-10-8-6-4-2/h12,14,23,25,29,31,70-71,75-76H,3-11,13,15-22,24,26-28,30,32-69H2,1-2H3,(H,74,77)/b14-12-,25-23-,31-29-. The summed E-state index contributed by atoms with van der Waals surface area (Å²) in [5.74, 6) is -0.0254. The van der Waals surface area contributed by atoms with Crippen molar-refractivity contribution in [2.75, 3.05) is 13.2 Å². The maximum Gasteiger partial charge on any atom is 0.305 e. The smallest absolute Gasteiger partial charge is 0.305 e. The molecule has 2 atom stereocenters. The fraction of sp³-hybridized carbons (Fsp3) is 0.890. The Hall–Kier alpha value is -1.92. The van der Waals surface area contributed by atoms with Gasteiger partial charge >= 0.3 is 5.97 Å². The highest BCUT2D eigenvalue weighted by Gasteiger charge is 2.20. The van der Waals surface area contributed by atoms with Gasteiger partial charge in [-0.3, -0.25) is 9.59 Å². The molecule has 0 radical (unpaired) electrons. The maximum atomic E-state index is 12.5. The Kier molecular flexibility index (Phi) is 66.9. The van der Waals surface area contributed by atoms with E-state index in [-0.39, 0.29) is 18.5 Å². The van der Waals surface area contributed by atoms with E-state index in [1.807, 2.05) is 0 Å². The normalized spacial score (nSPS) is 12.7. The molecule has 466 valence electrons. The Morgan fingerprint density at radius 1 is 0.354 bits per heavy atom. The van der Waals surface area contributed by atoms with Crippen molar-refractivity contribution in [2.45, 2.75) is 405 Å². The number of ether oxygens (including phenoxy) is 1. The lowest BCUT2D eigenvalue weighted by Crippen LogP contribution is -2.45. The van der Waals surface area contributed by atoms with Crippen molar-refractivity contribution in [2.24, 2.45) is 0 Å². The fourth-order valence-corrected chi connectivity index (χ4v) is 11.2.